The minimum absolute atomic E-state index is 0.0145. The minimum Gasteiger partial charge on any atom is -0.356 e. The topological polar surface area (TPSA) is 55.1 Å². The Bertz CT molecular complexity index is 346. The summed E-state index contributed by atoms with van der Waals surface area (Å²) in [6.45, 7) is 0.672. The van der Waals surface area contributed by atoms with Gasteiger partial charge < -0.3 is 11.1 Å². The summed E-state index contributed by atoms with van der Waals surface area (Å²) in [6.07, 6.45) is 2.90. The van der Waals surface area contributed by atoms with E-state index in [0.717, 1.165) is 24.8 Å². The second-order valence-corrected chi connectivity index (χ2v) is 4.37. The molecule has 1 aromatic rings. The maximum absolute atomic E-state index is 11.4. The van der Waals surface area contributed by atoms with Crippen LogP contribution in [-0.4, -0.2) is 12.5 Å². The highest BCUT2D eigenvalue weighted by Crippen LogP contribution is 2.28. The van der Waals surface area contributed by atoms with Crippen molar-refractivity contribution >= 4 is 5.91 Å². The lowest BCUT2D eigenvalue weighted by Gasteiger charge is -2.12. The van der Waals surface area contributed by atoms with E-state index in [0.29, 0.717) is 6.54 Å². The third kappa shape index (κ3) is 3.07. The smallest absolute Gasteiger partial charge is 0.223 e. The van der Waals surface area contributed by atoms with Crippen LogP contribution in [0.3, 0.4) is 0 Å². The Balaban J connectivity index is 1.71. The fourth-order valence-electron chi connectivity index (χ4n) is 1.71. The van der Waals surface area contributed by atoms with Gasteiger partial charge in [-0.15, -0.1) is 0 Å². The first-order valence-electron chi connectivity index (χ1n) is 5.85. The van der Waals surface area contributed by atoms with E-state index in [4.69, 9.17) is 5.73 Å². The first-order chi connectivity index (χ1) is 7.77. The Morgan fingerprint density at radius 1 is 1.38 bits per heavy atom. The fourth-order valence-corrected chi connectivity index (χ4v) is 1.71. The molecule has 0 spiro atoms. The number of hydrogen-bond donors (Lipinski definition) is 2. The second-order valence-electron chi connectivity index (χ2n) is 4.37. The Labute approximate surface area is 96.0 Å². The predicted octanol–water partition coefficient (Wildman–Crippen LogP) is 1.60. The van der Waals surface area contributed by atoms with Crippen LogP contribution in [0.4, 0.5) is 0 Å². The van der Waals surface area contributed by atoms with Crippen molar-refractivity contribution in [2.45, 2.75) is 25.3 Å². The zero-order valence-electron chi connectivity index (χ0n) is 9.36. The number of amides is 1. The molecule has 1 unspecified atom stereocenters. The van der Waals surface area contributed by atoms with Crippen LogP contribution in [0.15, 0.2) is 30.3 Å². The minimum atomic E-state index is 0.0145. The summed E-state index contributed by atoms with van der Waals surface area (Å²) in [5.74, 6) is 0.480. The van der Waals surface area contributed by atoms with Crippen LogP contribution < -0.4 is 11.1 Å². The third-order valence-electron chi connectivity index (χ3n) is 2.93. The van der Waals surface area contributed by atoms with Gasteiger partial charge in [0.05, 0.1) is 0 Å². The molecular formula is C13H18N2O. The molecule has 1 aromatic carbocycles. The van der Waals surface area contributed by atoms with E-state index in [1.807, 2.05) is 30.3 Å². The van der Waals surface area contributed by atoms with Crippen molar-refractivity contribution in [3.05, 3.63) is 35.9 Å². The largest absolute Gasteiger partial charge is 0.356 e. The molecule has 1 atom stereocenters. The third-order valence-corrected chi connectivity index (χ3v) is 2.93. The van der Waals surface area contributed by atoms with Crippen molar-refractivity contribution in [3.63, 3.8) is 0 Å². The SMILES string of the molecule is NC(CCNC(=O)C1CC1)c1ccccc1. The number of carbonyl (C=O) groups excluding carboxylic acids is 1. The molecule has 0 heterocycles. The molecule has 16 heavy (non-hydrogen) atoms. The van der Waals surface area contributed by atoms with Crippen LogP contribution >= 0.6 is 0 Å². The number of rotatable bonds is 5. The number of benzene rings is 1. The molecule has 0 radical (unpaired) electrons. The van der Waals surface area contributed by atoms with Gasteiger partial charge in [-0.1, -0.05) is 30.3 Å². The number of nitrogens with two attached hydrogens (primary N) is 1. The van der Waals surface area contributed by atoms with Crippen LogP contribution in [0, 0.1) is 5.92 Å². The molecule has 2 rings (SSSR count). The first kappa shape index (κ1) is 11.1. The summed E-state index contributed by atoms with van der Waals surface area (Å²) in [6, 6.07) is 10.0. The van der Waals surface area contributed by atoms with Gasteiger partial charge in [-0.05, 0) is 24.8 Å². The monoisotopic (exact) mass is 218 g/mol. The summed E-state index contributed by atoms with van der Waals surface area (Å²) in [5.41, 5.74) is 7.15. The molecule has 86 valence electrons. The normalized spacial score (nSPS) is 16.8. The van der Waals surface area contributed by atoms with Gasteiger partial charge in [0.25, 0.3) is 0 Å². The lowest BCUT2D eigenvalue weighted by molar-refractivity contribution is -0.122. The van der Waals surface area contributed by atoms with Crippen molar-refractivity contribution in [3.8, 4) is 0 Å². The van der Waals surface area contributed by atoms with Gasteiger partial charge in [-0.3, -0.25) is 4.79 Å². The van der Waals surface area contributed by atoms with E-state index in [9.17, 15) is 4.79 Å². The Kier molecular flexibility index (Phi) is 3.57. The van der Waals surface area contributed by atoms with Gasteiger partial charge in [0.1, 0.15) is 0 Å². The molecule has 1 fully saturated rings. The van der Waals surface area contributed by atoms with Crippen molar-refractivity contribution < 1.29 is 4.79 Å². The Morgan fingerprint density at radius 3 is 2.69 bits per heavy atom. The van der Waals surface area contributed by atoms with Gasteiger partial charge in [0.15, 0.2) is 0 Å². The summed E-state index contributed by atoms with van der Waals surface area (Å²) in [4.78, 5) is 11.4. The van der Waals surface area contributed by atoms with Crippen molar-refractivity contribution in [1.82, 2.24) is 5.32 Å². The molecule has 3 nitrogen and oxygen atoms in total. The van der Waals surface area contributed by atoms with Gasteiger partial charge in [0.2, 0.25) is 5.91 Å². The Hall–Kier alpha value is -1.35. The molecule has 0 aliphatic heterocycles. The van der Waals surface area contributed by atoms with E-state index in [2.05, 4.69) is 5.32 Å². The Morgan fingerprint density at radius 2 is 2.06 bits per heavy atom. The molecule has 1 saturated carbocycles. The van der Waals surface area contributed by atoms with Gasteiger partial charge >= 0.3 is 0 Å². The quantitative estimate of drug-likeness (QED) is 0.788. The van der Waals surface area contributed by atoms with E-state index in [1.54, 1.807) is 0 Å². The van der Waals surface area contributed by atoms with Crippen molar-refractivity contribution in [2.24, 2.45) is 11.7 Å². The van der Waals surface area contributed by atoms with Gasteiger partial charge in [0, 0.05) is 18.5 Å². The lowest BCUT2D eigenvalue weighted by Crippen LogP contribution is -2.28. The zero-order chi connectivity index (χ0) is 11.4. The van der Waals surface area contributed by atoms with Crippen LogP contribution in [0.5, 0.6) is 0 Å². The lowest BCUT2D eigenvalue weighted by atomic mass is 10.1. The van der Waals surface area contributed by atoms with Gasteiger partial charge in [-0.2, -0.15) is 0 Å². The average molecular weight is 218 g/mol. The highest BCUT2D eigenvalue weighted by atomic mass is 16.2. The summed E-state index contributed by atoms with van der Waals surface area (Å²) >= 11 is 0. The highest BCUT2D eigenvalue weighted by molar-refractivity contribution is 5.80. The molecule has 1 aliphatic rings. The van der Waals surface area contributed by atoms with Crippen LogP contribution in [0.2, 0.25) is 0 Å². The number of hydrogen-bond acceptors (Lipinski definition) is 2. The maximum Gasteiger partial charge on any atom is 0.223 e. The van der Waals surface area contributed by atoms with E-state index >= 15 is 0 Å². The van der Waals surface area contributed by atoms with Crippen LogP contribution in [0.25, 0.3) is 0 Å². The van der Waals surface area contributed by atoms with Crippen LogP contribution in [-0.2, 0) is 4.79 Å². The molecule has 0 saturated heterocycles. The van der Waals surface area contributed by atoms with E-state index in [1.165, 1.54) is 0 Å². The van der Waals surface area contributed by atoms with E-state index < -0.39 is 0 Å². The number of nitrogens with one attached hydrogen (secondary N) is 1. The molecule has 3 heteroatoms. The molecular weight excluding hydrogens is 200 g/mol. The highest BCUT2D eigenvalue weighted by Gasteiger charge is 2.29. The molecule has 0 aromatic heterocycles. The van der Waals surface area contributed by atoms with Crippen molar-refractivity contribution in [2.75, 3.05) is 6.54 Å². The maximum atomic E-state index is 11.4. The van der Waals surface area contributed by atoms with Gasteiger partial charge in [-0.25, -0.2) is 0 Å². The van der Waals surface area contributed by atoms with E-state index in [-0.39, 0.29) is 17.9 Å². The zero-order valence-corrected chi connectivity index (χ0v) is 9.36. The second kappa shape index (κ2) is 5.12. The molecule has 1 aliphatic carbocycles. The van der Waals surface area contributed by atoms with Crippen molar-refractivity contribution in [1.29, 1.82) is 0 Å². The fraction of sp³-hybridized carbons (Fsp3) is 0.462. The predicted molar refractivity (Wildman–Crippen MR) is 63.7 cm³/mol. The van der Waals surface area contributed by atoms with Crippen LogP contribution in [0.1, 0.15) is 30.9 Å². The first-order valence-corrected chi connectivity index (χ1v) is 5.85. The summed E-state index contributed by atoms with van der Waals surface area (Å²) in [7, 11) is 0. The molecule has 1 amide bonds. The molecule has 3 N–H and O–H groups in total. The average Bonchev–Trinajstić information content (AvgIpc) is 3.14. The molecule has 0 bridgehead atoms. The summed E-state index contributed by atoms with van der Waals surface area (Å²) < 4.78 is 0. The standard InChI is InChI=1S/C13H18N2O/c14-12(10-4-2-1-3-5-10)8-9-15-13(16)11-6-7-11/h1-5,11-12H,6-9,14H2,(H,15,16). The summed E-state index contributed by atoms with van der Waals surface area (Å²) in [5, 5.41) is 2.93. The number of carbonyl (C=O) groups is 1.